The Labute approximate surface area is 117 Å². The van der Waals surface area contributed by atoms with E-state index in [-0.39, 0.29) is 5.75 Å². The molecule has 0 heterocycles. The lowest BCUT2D eigenvalue weighted by Gasteiger charge is -2.05. The Morgan fingerprint density at radius 3 is 2.21 bits per heavy atom. The standard InChI is InChI=1S/C16H24O2S/c1-3-4-5-6-7-8-9-14-19(17,18)16-12-10-15(2)11-13-16/h3,10-13H,1,4-9,14H2,2H3. The molecule has 0 radical (unpaired) electrons. The fourth-order valence-electron chi connectivity index (χ4n) is 1.97. The number of rotatable bonds is 9. The molecular weight excluding hydrogens is 256 g/mol. The van der Waals surface area contributed by atoms with E-state index < -0.39 is 9.84 Å². The van der Waals surface area contributed by atoms with Gasteiger partial charge in [-0.25, -0.2) is 8.42 Å². The van der Waals surface area contributed by atoms with Crippen molar-refractivity contribution < 1.29 is 8.42 Å². The van der Waals surface area contributed by atoms with Crippen LogP contribution in [0.2, 0.25) is 0 Å². The van der Waals surface area contributed by atoms with Crippen LogP contribution in [0.1, 0.15) is 44.1 Å². The Morgan fingerprint density at radius 1 is 1.00 bits per heavy atom. The number of sulfone groups is 1. The first-order valence-electron chi connectivity index (χ1n) is 6.96. The van der Waals surface area contributed by atoms with Crippen LogP contribution in [0, 0.1) is 6.92 Å². The van der Waals surface area contributed by atoms with Gasteiger partial charge in [-0.05, 0) is 38.3 Å². The van der Waals surface area contributed by atoms with E-state index in [4.69, 9.17) is 0 Å². The van der Waals surface area contributed by atoms with Crippen molar-refractivity contribution in [2.75, 3.05) is 5.75 Å². The summed E-state index contributed by atoms with van der Waals surface area (Å²) in [6.07, 6.45) is 8.16. The zero-order valence-corrected chi connectivity index (χ0v) is 12.6. The molecule has 0 unspecified atom stereocenters. The molecule has 0 amide bonds. The minimum Gasteiger partial charge on any atom is -0.224 e. The van der Waals surface area contributed by atoms with Gasteiger partial charge in [-0.3, -0.25) is 0 Å². The van der Waals surface area contributed by atoms with Crippen LogP contribution in [0.5, 0.6) is 0 Å². The molecule has 19 heavy (non-hydrogen) atoms. The fourth-order valence-corrected chi connectivity index (χ4v) is 3.35. The molecule has 0 aromatic heterocycles. The third-order valence-electron chi connectivity index (χ3n) is 3.20. The highest BCUT2D eigenvalue weighted by Gasteiger charge is 2.13. The maximum atomic E-state index is 12.1. The molecule has 1 aromatic rings. The van der Waals surface area contributed by atoms with Gasteiger partial charge < -0.3 is 0 Å². The Kier molecular flexibility index (Phi) is 6.85. The minimum absolute atomic E-state index is 0.261. The van der Waals surface area contributed by atoms with Crippen LogP contribution in [0.3, 0.4) is 0 Å². The summed E-state index contributed by atoms with van der Waals surface area (Å²) in [7, 11) is -3.09. The fraction of sp³-hybridized carbons (Fsp3) is 0.500. The molecule has 3 heteroatoms. The summed E-state index contributed by atoms with van der Waals surface area (Å²) >= 11 is 0. The van der Waals surface area contributed by atoms with Crippen molar-refractivity contribution in [3.63, 3.8) is 0 Å². The van der Waals surface area contributed by atoms with Crippen LogP contribution in [-0.4, -0.2) is 14.2 Å². The summed E-state index contributed by atoms with van der Waals surface area (Å²) in [6.45, 7) is 5.65. The number of aryl methyl sites for hydroxylation is 1. The second-order valence-corrected chi connectivity index (χ2v) is 7.09. The summed E-state index contributed by atoms with van der Waals surface area (Å²) in [4.78, 5) is 0.449. The van der Waals surface area contributed by atoms with Crippen molar-refractivity contribution >= 4 is 9.84 Å². The predicted molar refractivity (Wildman–Crippen MR) is 81.1 cm³/mol. The number of allylic oxidation sites excluding steroid dienone is 1. The lowest BCUT2D eigenvalue weighted by molar-refractivity contribution is 0.585. The van der Waals surface area contributed by atoms with Crippen LogP contribution >= 0.6 is 0 Å². The third kappa shape index (κ3) is 6.06. The molecule has 0 aliphatic heterocycles. The normalized spacial score (nSPS) is 11.4. The Hall–Kier alpha value is -1.09. The second-order valence-electron chi connectivity index (χ2n) is 4.98. The van der Waals surface area contributed by atoms with Gasteiger partial charge in [0.1, 0.15) is 0 Å². The molecule has 0 atom stereocenters. The molecule has 0 saturated heterocycles. The topological polar surface area (TPSA) is 34.1 Å². The van der Waals surface area contributed by atoms with Gasteiger partial charge in [0.25, 0.3) is 0 Å². The lowest BCUT2D eigenvalue weighted by Crippen LogP contribution is -2.06. The van der Waals surface area contributed by atoms with Gasteiger partial charge in [0, 0.05) is 0 Å². The van der Waals surface area contributed by atoms with E-state index in [1.54, 1.807) is 12.1 Å². The van der Waals surface area contributed by atoms with Crippen LogP contribution in [0.25, 0.3) is 0 Å². The van der Waals surface area contributed by atoms with E-state index in [1.165, 1.54) is 0 Å². The average Bonchev–Trinajstić information content (AvgIpc) is 2.38. The Bertz CT molecular complexity index is 472. The molecule has 0 aliphatic rings. The summed E-state index contributed by atoms with van der Waals surface area (Å²) in [6, 6.07) is 7.10. The summed E-state index contributed by atoms with van der Waals surface area (Å²) < 4.78 is 24.1. The first-order chi connectivity index (χ1) is 9.06. The van der Waals surface area contributed by atoms with Gasteiger partial charge in [0.15, 0.2) is 9.84 Å². The van der Waals surface area contributed by atoms with E-state index in [2.05, 4.69) is 6.58 Å². The van der Waals surface area contributed by atoms with Crippen LogP contribution in [0.4, 0.5) is 0 Å². The molecular formula is C16H24O2S. The molecule has 1 aromatic carbocycles. The zero-order valence-electron chi connectivity index (χ0n) is 11.8. The molecule has 0 N–H and O–H groups in total. The van der Waals surface area contributed by atoms with Crippen molar-refractivity contribution in [3.8, 4) is 0 Å². The van der Waals surface area contributed by atoms with E-state index >= 15 is 0 Å². The number of hydrogen-bond donors (Lipinski definition) is 0. The highest BCUT2D eigenvalue weighted by Crippen LogP contribution is 2.15. The zero-order chi connectivity index (χ0) is 14.1. The summed E-state index contributed by atoms with van der Waals surface area (Å²) in [5.74, 6) is 0.261. The average molecular weight is 280 g/mol. The van der Waals surface area contributed by atoms with Crippen molar-refractivity contribution in [1.29, 1.82) is 0 Å². The Balaban J connectivity index is 2.31. The molecule has 0 bridgehead atoms. The van der Waals surface area contributed by atoms with E-state index in [0.717, 1.165) is 44.1 Å². The van der Waals surface area contributed by atoms with Gasteiger partial charge in [0.05, 0.1) is 10.6 Å². The largest absolute Gasteiger partial charge is 0.224 e. The maximum Gasteiger partial charge on any atom is 0.178 e. The molecule has 0 aliphatic carbocycles. The van der Waals surface area contributed by atoms with Crippen molar-refractivity contribution in [3.05, 3.63) is 42.5 Å². The molecule has 2 nitrogen and oxygen atoms in total. The monoisotopic (exact) mass is 280 g/mol. The van der Waals surface area contributed by atoms with Crippen molar-refractivity contribution in [2.24, 2.45) is 0 Å². The van der Waals surface area contributed by atoms with Crippen molar-refractivity contribution in [1.82, 2.24) is 0 Å². The SMILES string of the molecule is C=CCCCCCCCS(=O)(=O)c1ccc(C)cc1. The number of hydrogen-bond acceptors (Lipinski definition) is 2. The van der Waals surface area contributed by atoms with Crippen LogP contribution in [-0.2, 0) is 9.84 Å². The van der Waals surface area contributed by atoms with Gasteiger partial charge in [-0.15, -0.1) is 6.58 Å². The Morgan fingerprint density at radius 2 is 1.58 bits per heavy atom. The minimum atomic E-state index is -3.09. The van der Waals surface area contributed by atoms with Crippen LogP contribution < -0.4 is 0 Å². The highest BCUT2D eigenvalue weighted by atomic mass is 32.2. The molecule has 0 spiro atoms. The smallest absolute Gasteiger partial charge is 0.178 e. The number of unbranched alkanes of at least 4 members (excludes halogenated alkanes) is 5. The maximum absolute atomic E-state index is 12.1. The number of benzene rings is 1. The quantitative estimate of drug-likeness (QED) is 0.499. The van der Waals surface area contributed by atoms with Gasteiger partial charge in [0.2, 0.25) is 0 Å². The highest BCUT2D eigenvalue weighted by molar-refractivity contribution is 7.91. The van der Waals surface area contributed by atoms with Gasteiger partial charge in [-0.1, -0.05) is 43.0 Å². The molecule has 106 valence electrons. The van der Waals surface area contributed by atoms with E-state index in [0.29, 0.717) is 4.90 Å². The third-order valence-corrected chi connectivity index (χ3v) is 5.02. The van der Waals surface area contributed by atoms with Gasteiger partial charge >= 0.3 is 0 Å². The predicted octanol–water partition coefficient (Wildman–Crippen LogP) is 4.30. The lowest BCUT2D eigenvalue weighted by atomic mass is 10.1. The van der Waals surface area contributed by atoms with Gasteiger partial charge in [-0.2, -0.15) is 0 Å². The van der Waals surface area contributed by atoms with E-state index in [9.17, 15) is 8.42 Å². The first kappa shape index (κ1) is 16.0. The molecule has 1 rings (SSSR count). The second kappa shape index (κ2) is 8.16. The van der Waals surface area contributed by atoms with Crippen LogP contribution in [0.15, 0.2) is 41.8 Å². The summed E-state index contributed by atoms with van der Waals surface area (Å²) in [5.41, 5.74) is 1.08. The van der Waals surface area contributed by atoms with E-state index in [1.807, 2.05) is 25.1 Å². The molecule has 0 saturated carbocycles. The first-order valence-corrected chi connectivity index (χ1v) is 8.62. The molecule has 0 fully saturated rings. The summed E-state index contributed by atoms with van der Waals surface area (Å²) in [5, 5.41) is 0. The van der Waals surface area contributed by atoms with Crippen molar-refractivity contribution in [2.45, 2.75) is 50.3 Å².